The van der Waals surface area contributed by atoms with E-state index in [1.54, 1.807) is 0 Å². The predicted molar refractivity (Wildman–Crippen MR) is 278 cm³/mol. The first-order chi connectivity index (χ1) is 32.2. The molecule has 0 bridgehead atoms. The Morgan fingerprint density at radius 3 is 1.91 bits per heavy atom. The molecule has 0 radical (unpaired) electrons. The molecule has 2 aromatic heterocycles. The van der Waals surface area contributed by atoms with Crippen LogP contribution in [0.4, 0.5) is 17.1 Å². The van der Waals surface area contributed by atoms with Gasteiger partial charge in [-0.3, -0.25) is 0 Å². The Labute approximate surface area is 380 Å². The number of thiophene rings is 1. The van der Waals surface area contributed by atoms with Gasteiger partial charge in [-0.05, 0) is 110 Å². The van der Waals surface area contributed by atoms with E-state index >= 15 is 0 Å². The summed E-state index contributed by atoms with van der Waals surface area (Å²) in [6, 6.07) is 86.2. The van der Waals surface area contributed by atoms with Crippen LogP contribution in [0.1, 0.15) is 0 Å². The average molecular weight is 846 g/mol. The number of rotatable bonds is 7. The minimum Gasteiger partial charge on any atom is -0.455 e. The fourth-order valence-corrected chi connectivity index (χ4v) is 11.2. The largest absolute Gasteiger partial charge is 0.455 e. The van der Waals surface area contributed by atoms with Crippen LogP contribution in [0, 0.1) is 0 Å². The molecule has 13 rings (SSSR count). The number of hydrogen-bond donors (Lipinski definition) is 0. The van der Waals surface area contributed by atoms with Crippen LogP contribution in [0.25, 0.3) is 108 Å². The zero-order valence-corrected chi connectivity index (χ0v) is 36.1. The van der Waals surface area contributed by atoms with Crippen molar-refractivity contribution < 1.29 is 4.42 Å². The third kappa shape index (κ3) is 6.24. The molecule has 2 nitrogen and oxygen atoms in total. The van der Waals surface area contributed by atoms with Gasteiger partial charge in [0.1, 0.15) is 11.2 Å². The molecule has 65 heavy (non-hydrogen) atoms. The Morgan fingerprint density at radius 2 is 1.00 bits per heavy atom. The molecule has 0 unspecified atom stereocenters. The third-order valence-electron chi connectivity index (χ3n) is 13.0. The van der Waals surface area contributed by atoms with Gasteiger partial charge in [-0.1, -0.05) is 182 Å². The van der Waals surface area contributed by atoms with Gasteiger partial charge in [-0.2, -0.15) is 0 Å². The molecule has 0 amide bonds. The van der Waals surface area contributed by atoms with Gasteiger partial charge in [0.2, 0.25) is 0 Å². The van der Waals surface area contributed by atoms with E-state index in [2.05, 4.69) is 235 Å². The van der Waals surface area contributed by atoms with Gasteiger partial charge in [0, 0.05) is 53.4 Å². The van der Waals surface area contributed by atoms with Crippen molar-refractivity contribution in [1.82, 2.24) is 0 Å². The van der Waals surface area contributed by atoms with E-state index in [0.717, 1.165) is 61.3 Å². The molecule has 0 atom stereocenters. The maximum Gasteiger partial charge on any atom is 0.143 e. The Bertz CT molecular complexity index is 3970. The first-order valence-electron chi connectivity index (χ1n) is 22.2. The highest BCUT2D eigenvalue weighted by Gasteiger charge is 2.25. The fraction of sp³-hybridized carbons (Fsp3) is 0. The van der Waals surface area contributed by atoms with Gasteiger partial charge in [-0.25, -0.2) is 0 Å². The number of furan rings is 1. The molecule has 11 aromatic carbocycles. The van der Waals surface area contributed by atoms with Crippen molar-refractivity contribution in [3.63, 3.8) is 0 Å². The molecule has 0 spiro atoms. The first-order valence-corrected chi connectivity index (χ1v) is 23.0. The van der Waals surface area contributed by atoms with E-state index < -0.39 is 0 Å². The molecule has 3 heteroatoms. The third-order valence-corrected chi connectivity index (χ3v) is 14.2. The van der Waals surface area contributed by atoms with Gasteiger partial charge in [0.15, 0.2) is 0 Å². The molecule has 13 aromatic rings. The van der Waals surface area contributed by atoms with Crippen molar-refractivity contribution in [3.05, 3.63) is 237 Å². The highest BCUT2D eigenvalue weighted by molar-refractivity contribution is 7.25. The van der Waals surface area contributed by atoms with Crippen LogP contribution in [0.3, 0.4) is 0 Å². The highest BCUT2D eigenvalue weighted by atomic mass is 32.1. The Kier molecular flexibility index (Phi) is 8.75. The van der Waals surface area contributed by atoms with Crippen LogP contribution in [0.2, 0.25) is 0 Å². The van der Waals surface area contributed by atoms with Gasteiger partial charge in [-0.15, -0.1) is 11.3 Å². The second-order valence-electron chi connectivity index (χ2n) is 16.8. The first kappa shape index (κ1) is 37.3. The van der Waals surface area contributed by atoms with Gasteiger partial charge >= 0.3 is 0 Å². The summed E-state index contributed by atoms with van der Waals surface area (Å²) in [6.45, 7) is 0. The van der Waals surface area contributed by atoms with Crippen LogP contribution >= 0.6 is 11.3 Å². The Hall–Kier alpha value is -8.24. The van der Waals surface area contributed by atoms with E-state index in [-0.39, 0.29) is 0 Å². The topological polar surface area (TPSA) is 16.4 Å². The quantitative estimate of drug-likeness (QED) is 0.159. The molecular weight excluding hydrogens is 807 g/mol. The number of benzene rings is 11. The number of anilines is 3. The Balaban J connectivity index is 1.13. The van der Waals surface area contributed by atoms with Crippen LogP contribution in [0.5, 0.6) is 0 Å². The summed E-state index contributed by atoms with van der Waals surface area (Å²) in [6.07, 6.45) is 0. The number of nitrogens with zero attached hydrogens (tertiary/aromatic N) is 1. The number of fused-ring (bicyclic) bond motifs is 8. The summed E-state index contributed by atoms with van der Waals surface area (Å²) < 4.78 is 9.38. The lowest BCUT2D eigenvalue weighted by Crippen LogP contribution is -2.12. The standard InChI is InChI=1S/C62H39NOS/c1-2-17-41(18-3-1)55-39-47(38-43-20-6-7-23-48(43)55)63(46-22-12-21-44(37-46)49-26-15-33-59-61(49)54-25-9-11-32-58(54)65-59)56-30-14-27-51(60(56)45-35-34-40-16-4-5-19-42(40)36-45)53-29-13-28-52-50-24-8-10-31-57(50)64-62(52)53/h1-39H. The maximum absolute atomic E-state index is 6.79. The second-order valence-corrected chi connectivity index (χ2v) is 17.9. The van der Waals surface area contributed by atoms with E-state index in [4.69, 9.17) is 4.42 Å². The van der Waals surface area contributed by atoms with Crippen molar-refractivity contribution in [1.29, 1.82) is 0 Å². The van der Waals surface area contributed by atoms with Crippen molar-refractivity contribution >= 4 is 92.1 Å². The molecule has 0 aliphatic rings. The summed E-state index contributed by atoms with van der Waals surface area (Å²) in [5.41, 5.74) is 14.1. The number of para-hydroxylation sites is 2. The molecule has 0 aliphatic heterocycles. The highest BCUT2D eigenvalue weighted by Crippen LogP contribution is 2.50. The summed E-state index contributed by atoms with van der Waals surface area (Å²) in [4.78, 5) is 2.49. The van der Waals surface area contributed by atoms with Gasteiger partial charge in [0.05, 0.1) is 5.69 Å². The SMILES string of the molecule is c1ccc(-c2cc(N(c3cccc(-c4cccc5sc6ccccc6c45)c3)c3cccc(-c4cccc5c4oc4ccccc45)c3-c3ccc4ccccc4c3)cc3ccccc23)cc1. The Morgan fingerprint density at radius 1 is 0.338 bits per heavy atom. The van der Waals surface area contributed by atoms with E-state index in [9.17, 15) is 0 Å². The van der Waals surface area contributed by atoms with Crippen molar-refractivity contribution in [3.8, 4) is 44.5 Å². The molecular formula is C62H39NOS. The van der Waals surface area contributed by atoms with Crippen molar-refractivity contribution in [2.45, 2.75) is 0 Å². The zero-order valence-electron chi connectivity index (χ0n) is 35.3. The van der Waals surface area contributed by atoms with Gasteiger partial charge in [0.25, 0.3) is 0 Å². The van der Waals surface area contributed by atoms with Crippen LogP contribution < -0.4 is 4.90 Å². The molecule has 0 saturated heterocycles. The lowest BCUT2D eigenvalue weighted by Gasteiger charge is -2.30. The predicted octanol–water partition coefficient (Wildman–Crippen LogP) is 18.4. The second kappa shape index (κ2) is 15.2. The lowest BCUT2D eigenvalue weighted by atomic mass is 9.89. The zero-order chi connectivity index (χ0) is 42.8. The smallest absolute Gasteiger partial charge is 0.143 e. The number of hydrogen-bond acceptors (Lipinski definition) is 3. The molecule has 0 aliphatic carbocycles. The maximum atomic E-state index is 6.79. The van der Waals surface area contributed by atoms with Crippen LogP contribution in [0.15, 0.2) is 241 Å². The average Bonchev–Trinajstić information content (AvgIpc) is 3.95. The molecule has 304 valence electrons. The van der Waals surface area contributed by atoms with E-state index in [1.165, 1.54) is 64.0 Å². The van der Waals surface area contributed by atoms with Gasteiger partial charge < -0.3 is 9.32 Å². The summed E-state index contributed by atoms with van der Waals surface area (Å²) >= 11 is 1.86. The summed E-state index contributed by atoms with van der Waals surface area (Å²) in [5, 5.41) is 9.59. The fourth-order valence-electron chi connectivity index (χ4n) is 10.1. The normalized spacial score (nSPS) is 11.7. The summed E-state index contributed by atoms with van der Waals surface area (Å²) in [5.74, 6) is 0. The van der Waals surface area contributed by atoms with E-state index in [0.29, 0.717) is 0 Å². The minimum absolute atomic E-state index is 0.884. The van der Waals surface area contributed by atoms with Crippen LogP contribution in [-0.2, 0) is 0 Å². The molecule has 2 heterocycles. The minimum atomic E-state index is 0.884. The summed E-state index contributed by atoms with van der Waals surface area (Å²) in [7, 11) is 0. The lowest BCUT2D eigenvalue weighted by molar-refractivity contribution is 0.670. The monoisotopic (exact) mass is 845 g/mol. The molecule has 0 saturated carbocycles. The van der Waals surface area contributed by atoms with Crippen molar-refractivity contribution in [2.75, 3.05) is 4.90 Å². The molecule has 0 N–H and O–H groups in total. The van der Waals surface area contributed by atoms with Crippen LogP contribution in [-0.4, -0.2) is 0 Å². The van der Waals surface area contributed by atoms with Crippen molar-refractivity contribution in [2.24, 2.45) is 0 Å². The van der Waals surface area contributed by atoms with E-state index in [1.807, 2.05) is 17.4 Å². The molecule has 0 fully saturated rings.